The van der Waals surface area contributed by atoms with Gasteiger partial charge in [0.25, 0.3) is 0 Å². The lowest BCUT2D eigenvalue weighted by atomic mass is 10.2. The molecular formula is C15H18N4O. The Hall–Kier alpha value is -2.56. The third-order valence-electron chi connectivity index (χ3n) is 2.97. The van der Waals surface area contributed by atoms with Crippen LogP contribution >= 0.6 is 0 Å². The first-order valence-electron chi connectivity index (χ1n) is 6.42. The van der Waals surface area contributed by atoms with Gasteiger partial charge >= 0.3 is 0 Å². The molecule has 0 aliphatic heterocycles. The predicted octanol–water partition coefficient (Wildman–Crippen LogP) is 2.66. The number of nitrogens with two attached hydrogens (primary N) is 1. The second-order valence-electron chi connectivity index (χ2n) is 4.52. The Morgan fingerprint density at radius 2 is 2.05 bits per heavy atom. The molecule has 0 fully saturated rings. The summed E-state index contributed by atoms with van der Waals surface area (Å²) in [5, 5.41) is 11.7. The van der Waals surface area contributed by atoms with E-state index in [1.807, 2.05) is 54.3 Å². The van der Waals surface area contributed by atoms with Crippen LogP contribution in [0.3, 0.4) is 0 Å². The van der Waals surface area contributed by atoms with E-state index in [-0.39, 0.29) is 5.84 Å². The van der Waals surface area contributed by atoms with Crippen LogP contribution in [0, 0.1) is 6.92 Å². The normalized spacial score (nSPS) is 11.3. The minimum atomic E-state index is 0.207. The summed E-state index contributed by atoms with van der Waals surface area (Å²) in [6.07, 6.45) is 2.24. The Kier molecular flexibility index (Phi) is 4.55. The van der Waals surface area contributed by atoms with Crippen LogP contribution in [0.5, 0.6) is 0 Å². The van der Waals surface area contributed by atoms with Crippen molar-refractivity contribution in [3.8, 4) is 0 Å². The first kappa shape index (κ1) is 13.9. The Labute approximate surface area is 118 Å². The molecule has 0 aliphatic carbocycles. The molecule has 0 atom stereocenters. The van der Waals surface area contributed by atoms with Crippen molar-refractivity contribution in [1.29, 1.82) is 0 Å². The lowest BCUT2D eigenvalue weighted by Crippen LogP contribution is -2.24. The van der Waals surface area contributed by atoms with Gasteiger partial charge in [-0.3, -0.25) is 0 Å². The number of para-hydroxylation sites is 1. The Balaban J connectivity index is 2.29. The maximum atomic E-state index is 8.66. The van der Waals surface area contributed by atoms with E-state index in [1.165, 1.54) is 0 Å². The monoisotopic (exact) mass is 270 g/mol. The highest BCUT2D eigenvalue weighted by molar-refractivity contribution is 5.80. The smallest absolute Gasteiger partial charge is 0.140 e. The van der Waals surface area contributed by atoms with Crippen molar-refractivity contribution in [2.24, 2.45) is 10.9 Å². The van der Waals surface area contributed by atoms with E-state index in [0.717, 1.165) is 17.1 Å². The van der Waals surface area contributed by atoms with Crippen molar-refractivity contribution in [3.05, 3.63) is 54.2 Å². The summed E-state index contributed by atoms with van der Waals surface area (Å²) in [6, 6.07) is 13.9. The SMILES string of the molecule is Cc1ccnc(N(CCC(N)=NO)c2ccccc2)c1. The molecule has 1 aromatic carbocycles. The average molecular weight is 270 g/mol. The number of pyridine rings is 1. The van der Waals surface area contributed by atoms with Gasteiger partial charge < -0.3 is 15.8 Å². The minimum absolute atomic E-state index is 0.207. The fourth-order valence-electron chi connectivity index (χ4n) is 1.93. The molecule has 20 heavy (non-hydrogen) atoms. The second-order valence-corrected chi connectivity index (χ2v) is 4.52. The van der Waals surface area contributed by atoms with E-state index >= 15 is 0 Å². The number of benzene rings is 1. The molecule has 2 aromatic rings. The van der Waals surface area contributed by atoms with Gasteiger partial charge in [-0.25, -0.2) is 4.98 Å². The zero-order valence-electron chi connectivity index (χ0n) is 11.4. The zero-order valence-corrected chi connectivity index (χ0v) is 11.4. The van der Waals surface area contributed by atoms with Crippen molar-refractivity contribution in [1.82, 2.24) is 4.98 Å². The number of rotatable bonds is 5. The van der Waals surface area contributed by atoms with Gasteiger partial charge in [-0.1, -0.05) is 23.4 Å². The van der Waals surface area contributed by atoms with Crippen LogP contribution in [0.1, 0.15) is 12.0 Å². The molecular weight excluding hydrogens is 252 g/mol. The first-order valence-corrected chi connectivity index (χ1v) is 6.42. The average Bonchev–Trinajstić information content (AvgIpc) is 2.48. The maximum Gasteiger partial charge on any atom is 0.140 e. The largest absolute Gasteiger partial charge is 0.409 e. The summed E-state index contributed by atoms with van der Waals surface area (Å²) in [7, 11) is 0. The van der Waals surface area contributed by atoms with Gasteiger partial charge in [-0.2, -0.15) is 0 Å². The van der Waals surface area contributed by atoms with Crippen molar-refractivity contribution >= 4 is 17.3 Å². The van der Waals surface area contributed by atoms with Crippen LogP contribution in [0.25, 0.3) is 0 Å². The van der Waals surface area contributed by atoms with E-state index in [9.17, 15) is 0 Å². The fourth-order valence-corrected chi connectivity index (χ4v) is 1.93. The van der Waals surface area contributed by atoms with Crippen LogP contribution in [-0.4, -0.2) is 22.6 Å². The van der Waals surface area contributed by atoms with E-state index in [2.05, 4.69) is 10.1 Å². The summed E-state index contributed by atoms with van der Waals surface area (Å²) < 4.78 is 0. The van der Waals surface area contributed by atoms with Crippen LogP contribution < -0.4 is 10.6 Å². The lowest BCUT2D eigenvalue weighted by Gasteiger charge is -2.24. The summed E-state index contributed by atoms with van der Waals surface area (Å²) in [5.41, 5.74) is 7.72. The van der Waals surface area contributed by atoms with Gasteiger partial charge in [-0.15, -0.1) is 0 Å². The van der Waals surface area contributed by atoms with Crippen LogP contribution in [0.4, 0.5) is 11.5 Å². The van der Waals surface area contributed by atoms with Crippen molar-refractivity contribution in [2.75, 3.05) is 11.4 Å². The quantitative estimate of drug-likeness (QED) is 0.379. The molecule has 0 aliphatic rings. The minimum Gasteiger partial charge on any atom is -0.409 e. The number of anilines is 2. The van der Waals surface area contributed by atoms with Crippen LogP contribution in [-0.2, 0) is 0 Å². The van der Waals surface area contributed by atoms with Gasteiger partial charge in [0.1, 0.15) is 11.7 Å². The third kappa shape index (κ3) is 3.47. The molecule has 104 valence electrons. The third-order valence-corrected chi connectivity index (χ3v) is 2.97. The number of oxime groups is 1. The van der Waals surface area contributed by atoms with Gasteiger partial charge in [0.05, 0.1) is 0 Å². The molecule has 0 spiro atoms. The standard InChI is InChI=1S/C15H18N4O/c1-12-7-9-17-15(11-12)19(10-8-14(16)18-20)13-5-3-2-4-6-13/h2-7,9,11,20H,8,10H2,1H3,(H2,16,18). The predicted molar refractivity (Wildman–Crippen MR) is 80.4 cm³/mol. The van der Waals surface area contributed by atoms with Gasteiger partial charge in [0, 0.05) is 24.8 Å². The molecule has 3 N–H and O–H groups in total. The van der Waals surface area contributed by atoms with Gasteiger partial charge in [0.2, 0.25) is 0 Å². The Morgan fingerprint density at radius 1 is 1.30 bits per heavy atom. The summed E-state index contributed by atoms with van der Waals surface area (Å²) in [6.45, 7) is 2.62. The molecule has 0 saturated carbocycles. The molecule has 5 heteroatoms. The van der Waals surface area contributed by atoms with Crippen LogP contribution in [0.15, 0.2) is 53.8 Å². The molecule has 2 rings (SSSR count). The highest BCUT2D eigenvalue weighted by Gasteiger charge is 2.11. The van der Waals surface area contributed by atoms with Crippen molar-refractivity contribution in [3.63, 3.8) is 0 Å². The van der Waals surface area contributed by atoms with Crippen LogP contribution in [0.2, 0.25) is 0 Å². The Morgan fingerprint density at radius 3 is 2.70 bits per heavy atom. The topological polar surface area (TPSA) is 74.7 Å². The number of hydrogen-bond donors (Lipinski definition) is 2. The molecule has 1 aromatic heterocycles. The molecule has 0 unspecified atom stereocenters. The summed E-state index contributed by atoms with van der Waals surface area (Å²) in [4.78, 5) is 6.45. The van der Waals surface area contributed by atoms with E-state index < -0.39 is 0 Å². The number of nitrogens with zero attached hydrogens (tertiary/aromatic N) is 3. The van der Waals surface area contributed by atoms with E-state index in [4.69, 9.17) is 10.9 Å². The van der Waals surface area contributed by atoms with Crippen molar-refractivity contribution in [2.45, 2.75) is 13.3 Å². The summed E-state index contributed by atoms with van der Waals surface area (Å²) in [5.74, 6) is 1.06. The fraction of sp³-hybridized carbons (Fsp3) is 0.200. The zero-order chi connectivity index (χ0) is 14.4. The Bertz CT molecular complexity index is 583. The molecule has 0 radical (unpaired) electrons. The molecule has 0 saturated heterocycles. The highest BCUT2D eigenvalue weighted by Crippen LogP contribution is 2.23. The van der Waals surface area contributed by atoms with Gasteiger partial charge in [-0.05, 0) is 36.8 Å². The highest BCUT2D eigenvalue weighted by atomic mass is 16.4. The number of hydrogen-bond acceptors (Lipinski definition) is 4. The van der Waals surface area contributed by atoms with E-state index in [0.29, 0.717) is 13.0 Å². The first-order chi connectivity index (χ1) is 9.70. The molecule has 5 nitrogen and oxygen atoms in total. The second kappa shape index (κ2) is 6.56. The molecule has 0 bridgehead atoms. The molecule has 0 amide bonds. The number of amidine groups is 1. The summed E-state index contributed by atoms with van der Waals surface area (Å²) >= 11 is 0. The van der Waals surface area contributed by atoms with E-state index in [1.54, 1.807) is 6.20 Å². The lowest BCUT2D eigenvalue weighted by molar-refractivity contribution is 0.317. The molecule has 1 heterocycles. The number of aryl methyl sites for hydroxylation is 1. The maximum absolute atomic E-state index is 8.66. The van der Waals surface area contributed by atoms with Gasteiger partial charge in [0.15, 0.2) is 0 Å². The van der Waals surface area contributed by atoms with Crippen molar-refractivity contribution < 1.29 is 5.21 Å². The number of aromatic nitrogens is 1.